The highest BCUT2D eigenvalue weighted by atomic mass is 35.5. The van der Waals surface area contributed by atoms with Gasteiger partial charge in [0.1, 0.15) is 6.61 Å². The maximum atomic E-state index is 11.6. The number of benzene rings is 1. The van der Waals surface area contributed by atoms with Gasteiger partial charge in [-0.05, 0) is 12.0 Å². The fraction of sp³-hybridized carbons (Fsp3) is 0.417. The van der Waals surface area contributed by atoms with Gasteiger partial charge in [-0.3, -0.25) is 0 Å². The summed E-state index contributed by atoms with van der Waals surface area (Å²) in [4.78, 5) is 13.3. The lowest BCUT2D eigenvalue weighted by Gasteiger charge is -2.15. The first kappa shape index (κ1) is 11.3. The Morgan fingerprint density at radius 2 is 2.19 bits per heavy atom. The molecule has 16 heavy (non-hydrogen) atoms. The van der Waals surface area contributed by atoms with Crippen molar-refractivity contribution in [1.82, 2.24) is 4.90 Å². The van der Waals surface area contributed by atoms with Crippen molar-refractivity contribution in [3.05, 3.63) is 35.9 Å². The second-order valence-electron chi connectivity index (χ2n) is 3.87. The summed E-state index contributed by atoms with van der Waals surface area (Å²) in [6, 6.07) is 9.65. The first-order valence-corrected chi connectivity index (χ1v) is 5.79. The molecule has 3 nitrogen and oxygen atoms in total. The van der Waals surface area contributed by atoms with Crippen molar-refractivity contribution in [3.63, 3.8) is 0 Å². The molecule has 0 bridgehead atoms. The van der Waals surface area contributed by atoms with E-state index in [9.17, 15) is 4.79 Å². The summed E-state index contributed by atoms with van der Waals surface area (Å²) in [7, 11) is 0. The van der Waals surface area contributed by atoms with E-state index in [0.29, 0.717) is 19.7 Å². The van der Waals surface area contributed by atoms with Crippen LogP contribution in [0.2, 0.25) is 0 Å². The van der Waals surface area contributed by atoms with Crippen molar-refractivity contribution in [1.29, 1.82) is 0 Å². The van der Waals surface area contributed by atoms with Crippen LogP contribution >= 0.6 is 11.6 Å². The van der Waals surface area contributed by atoms with Gasteiger partial charge >= 0.3 is 6.09 Å². The Labute approximate surface area is 100.0 Å². The van der Waals surface area contributed by atoms with Crippen LogP contribution in [0, 0.1) is 0 Å². The molecule has 0 radical (unpaired) electrons. The second kappa shape index (κ2) is 5.21. The van der Waals surface area contributed by atoms with Gasteiger partial charge in [-0.25, -0.2) is 4.79 Å². The van der Waals surface area contributed by atoms with Gasteiger partial charge in [-0.15, -0.1) is 11.6 Å². The van der Waals surface area contributed by atoms with Crippen LogP contribution in [0.5, 0.6) is 0 Å². The number of amides is 1. The minimum absolute atomic E-state index is 0.0734. The van der Waals surface area contributed by atoms with Crippen LogP contribution in [-0.4, -0.2) is 29.5 Å². The molecule has 1 aliphatic heterocycles. The predicted molar refractivity (Wildman–Crippen MR) is 62.5 cm³/mol. The number of alkyl halides is 1. The molecule has 0 unspecified atom stereocenters. The number of ether oxygens (including phenoxy) is 1. The summed E-state index contributed by atoms with van der Waals surface area (Å²) < 4.78 is 5.19. The largest absolute Gasteiger partial charge is 0.445 e. The Hall–Kier alpha value is -1.22. The fourth-order valence-electron chi connectivity index (χ4n) is 1.69. The standard InChI is InChI=1S/C12H14ClNO2/c13-11-6-7-14(8-11)12(15)16-9-10-4-2-1-3-5-10/h1-5,11H,6-9H2/t11-/m1/s1. The minimum Gasteiger partial charge on any atom is -0.445 e. The van der Waals surface area contributed by atoms with Crippen LogP contribution in [0.4, 0.5) is 4.79 Å². The van der Waals surface area contributed by atoms with Gasteiger partial charge in [0.25, 0.3) is 0 Å². The second-order valence-corrected chi connectivity index (χ2v) is 4.49. The topological polar surface area (TPSA) is 29.5 Å². The van der Waals surface area contributed by atoms with Crippen LogP contribution in [0.3, 0.4) is 0 Å². The number of nitrogens with zero attached hydrogens (tertiary/aromatic N) is 1. The molecule has 1 aromatic rings. The Morgan fingerprint density at radius 3 is 2.81 bits per heavy atom. The number of rotatable bonds is 2. The number of carbonyl (C=O) groups excluding carboxylic acids is 1. The zero-order chi connectivity index (χ0) is 11.4. The van der Waals surface area contributed by atoms with E-state index >= 15 is 0 Å². The third kappa shape index (κ3) is 2.89. The smallest absolute Gasteiger partial charge is 0.410 e. The molecule has 4 heteroatoms. The fourth-order valence-corrected chi connectivity index (χ4v) is 1.96. The van der Waals surface area contributed by atoms with Crippen LogP contribution in [0.15, 0.2) is 30.3 Å². The van der Waals surface area contributed by atoms with E-state index in [1.54, 1.807) is 4.90 Å². The van der Waals surface area contributed by atoms with Crippen molar-refractivity contribution < 1.29 is 9.53 Å². The van der Waals surface area contributed by atoms with Gasteiger partial charge < -0.3 is 9.64 Å². The summed E-state index contributed by atoms with van der Waals surface area (Å²) in [5, 5.41) is 0.0734. The van der Waals surface area contributed by atoms with Gasteiger partial charge in [-0.2, -0.15) is 0 Å². The van der Waals surface area contributed by atoms with E-state index in [2.05, 4.69) is 0 Å². The van der Waals surface area contributed by atoms with Crippen LogP contribution in [-0.2, 0) is 11.3 Å². The molecular formula is C12H14ClNO2. The molecule has 0 N–H and O–H groups in total. The summed E-state index contributed by atoms with van der Waals surface area (Å²) >= 11 is 5.92. The number of halogens is 1. The van der Waals surface area contributed by atoms with E-state index in [-0.39, 0.29) is 11.5 Å². The zero-order valence-electron chi connectivity index (χ0n) is 8.93. The maximum Gasteiger partial charge on any atom is 0.410 e. The van der Waals surface area contributed by atoms with E-state index in [0.717, 1.165) is 12.0 Å². The van der Waals surface area contributed by atoms with Crippen molar-refractivity contribution >= 4 is 17.7 Å². The Morgan fingerprint density at radius 1 is 1.44 bits per heavy atom. The molecule has 0 spiro atoms. The Kier molecular flexibility index (Phi) is 3.67. The molecule has 1 saturated heterocycles. The third-order valence-electron chi connectivity index (χ3n) is 2.59. The van der Waals surface area contributed by atoms with Crippen LogP contribution < -0.4 is 0 Å². The molecule has 1 aliphatic rings. The van der Waals surface area contributed by atoms with Crippen molar-refractivity contribution in [2.75, 3.05) is 13.1 Å². The third-order valence-corrected chi connectivity index (χ3v) is 2.95. The Balaban J connectivity index is 1.80. The Bertz CT molecular complexity index is 355. The van der Waals surface area contributed by atoms with Crippen LogP contribution in [0.25, 0.3) is 0 Å². The first-order valence-electron chi connectivity index (χ1n) is 5.35. The summed E-state index contributed by atoms with van der Waals surface area (Å²) in [6.45, 7) is 1.61. The lowest BCUT2D eigenvalue weighted by atomic mass is 10.2. The summed E-state index contributed by atoms with van der Waals surface area (Å²) in [5.74, 6) is 0. The number of carbonyl (C=O) groups is 1. The lowest BCUT2D eigenvalue weighted by molar-refractivity contribution is 0.104. The lowest BCUT2D eigenvalue weighted by Crippen LogP contribution is -2.29. The van der Waals surface area contributed by atoms with Gasteiger partial charge in [0, 0.05) is 13.1 Å². The monoisotopic (exact) mass is 239 g/mol. The van der Waals surface area contributed by atoms with Gasteiger partial charge in [0.05, 0.1) is 5.38 Å². The maximum absolute atomic E-state index is 11.6. The predicted octanol–water partition coefficient (Wildman–Crippen LogP) is 2.64. The molecule has 1 aromatic carbocycles. The highest BCUT2D eigenvalue weighted by Crippen LogP contribution is 2.15. The molecule has 0 aliphatic carbocycles. The average Bonchev–Trinajstić information content (AvgIpc) is 2.74. The van der Waals surface area contributed by atoms with Crippen LogP contribution in [0.1, 0.15) is 12.0 Å². The number of hydrogen-bond acceptors (Lipinski definition) is 2. The van der Waals surface area contributed by atoms with E-state index < -0.39 is 0 Å². The molecule has 86 valence electrons. The number of likely N-dealkylation sites (tertiary alicyclic amines) is 1. The van der Waals surface area contributed by atoms with Gasteiger partial charge in [-0.1, -0.05) is 30.3 Å². The average molecular weight is 240 g/mol. The highest BCUT2D eigenvalue weighted by molar-refractivity contribution is 6.21. The van der Waals surface area contributed by atoms with E-state index in [1.807, 2.05) is 30.3 Å². The molecule has 1 atom stereocenters. The molecule has 1 heterocycles. The molecule has 0 saturated carbocycles. The molecule has 2 rings (SSSR count). The molecule has 1 fully saturated rings. The van der Waals surface area contributed by atoms with Gasteiger partial charge in [0.15, 0.2) is 0 Å². The summed E-state index contributed by atoms with van der Waals surface area (Å²) in [6.07, 6.45) is 0.578. The normalized spacial score (nSPS) is 19.8. The number of hydrogen-bond donors (Lipinski definition) is 0. The highest BCUT2D eigenvalue weighted by Gasteiger charge is 2.25. The van der Waals surface area contributed by atoms with Gasteiger partial charge in [0.2, 0.25) is 0 Å². The summed E-state index contributed by atoms with van der Waals surface area (Å²) in [5.41, 5.74) is 0.998. The van der Waals surface area contributed by atoms with Crippen molar-refractivity contribution in [2.24, 2.45) is 0 Å². The first-order chi connectivity index (χ1) is 7.75. The van der Waals surface area contributed by atoms with Crippen molar-refractivity contribution in [2.45, 2.75) is 18.4 Å². The minimum atomic E-state index is -0.271. The zero-order valence-corrected chi connectivity index (χ0v) is 9.69. The molecular weight excluding hydrogens is 226 g/mol. The SMILES string of the molecule is O=C(OCc1ccccc1)N1CC[C@@H](Cl)C1. The molecule has 0 aromatic heterocycles. The van der Waals surface area contributed by atoms with E-state index in [1.165, 1.54) is 0 Å². The quantitative estimate of drug-likeness (QED) is 0.743. The van der Waals surface area contributed by atoms with Crippen molar-refractivity contribution in [3.8, 4) is 0 Å². The molecule has 1 amide bonds. The van der Waals surface area contributed by atoms with E-state index in [4.69, 9.17) is 16.3 Å².